The number of hydrogen-bond donors (Lipinski definition) is 2. The summed E-state index contributed by atoms with van der Waals surface area (Å²) in [6.45, 7) is 7.67. The Morgan fingerprint density at radius 1 is 1.07 bits per heavy atom. The number of likely N-dealkylation sites (N-methyl/N-ethyl adjacent to an activating group) is 1. The van der Waals surface area contributed by atoms with Gasteiger partial charge >= 0.3 is 6.09 Å². The highest BCUT2D eigenvalue weighted by atomic mass is 16.6. The molecule has 3 amide bonds. The van der Waals surface area contributed by atoms with E-state index < -0.39 is 23.8 Å². The van der Waals surface area contributed by atoms with E-state index in [9.17, 15) is 14.4 Å². The number of nitrogens with zero attached hydrogens (tertiary/aromatic N) is 3. The second kappa shape index (κ2) is 12.8. The number of rotatable bonds is 7. The van der Waals surface area contributed by atoms with Gasteiger partial charge < -0.3 is 19.9 Å². The predicted octanol–water partition coefficient (Wildman–Crippen LogP) is 6.21. The quantitative estimate of drug-likeness (QED) is 0.342. The van der Waals surface area contributed by atoms with Crippen LogP contribution in [0.4, 0.5) is 4.79 Å². The highest BCUT2D eigenvalue weighted by Crippen LogP contribution is 2.37. The summed E-state index contributed by atoms with van der Waals surface area (Å²) in [5.74, 6) is -0.343. The van der Waals surface area contributed by atoms with Crippen molar-refractivity contribution < 1.29 is 19.1 Å². The van der Waals surface area contributed by atoms with Crippen molar-refractivity contribution in [2.45, 2.75) is 96.4 Å². The molecule has 3 heterocycles. The lowest BCUT2D eigenvalue weighted by atomic mass is 9.83. The molecule has 3 atom stereocenters. The number of benzene rings is 1. The van der Waals surface area contributed by atoms with Gasteiger partial charge in [0.1, 0.15) is 17.7 Å². The number of nitrogens with one attached hydrogen (secondary N) is 2. The molecule has 43 heavy (non-hydrogen) atoms. The monoisotopic (exact) mass is 587 g/mol. The number of para-hydroxylation sites is 1. The van der Waals surface area contributed by atoms with Crippen LogP contribution >= 0.6 is 0 Å². The smallest absolute Gasteiger partial charge is 0.410 e. The molecule has 9 nitrogen and oxygen atoms in total. The Kier molecular flexibility index (Phi) is 9.08. The molecule has 3 aromatic rings. The highest BCUT2D eigenvalue weighted by Gasteiger charge is 2.40. The minimum absolute atomic E-state index is 0.0487. The Labute approximate surface area is 254 Å². The zero-order chi connectivity index (χ0) is 30.7. The maximum atomic E-state index is 14.3. The zero-order valence-electron chi connectivity index (χ0n) is 26.1. The topological polar surface area (TPSA) is 108 Å². The molecule has 1 aliphatic heterocycles. The van der Waals surface area contributed by atoms with Gasteiger partial charge in [-0.2, -0.15) is 0 Å². The summed E-state index contributed by atoms with van der Waals surface area (Å²) in [6.07, 6.45) is 11.9. The molecule has 0 radical (unpaired) electrons. The van der Waals surface area contributed by atoms with Crippen molar-refractivity contribution in [1.29, 1.82) is 0 Å². The summed E-state index contributed by atoms with van der Waals surface area (Å²) in [5.41, 5.74) is 3.48. The van der Waals surface area contributed by atoms with Gasteiger partial charge in [-0.25, -0.2) is 4.79 Å². The molecule has 1 saturated heterocycles. The number of carbonyl (C=O) groups is 3. The van der Waals surface area contributed by atoms with Gasteiger partial charge in [0.25, 0.3) is 0 Å². The van der Waals surface area contributed by atoms with Crippen LogP contribution in [0.1, 0.15) is 84.2 Å². The fourth-order valence-corrected chi connectivity index (χ4v) is 6.44. The lowest BCUT2D eigenvalue weighted by Gasteiger charge is -2.36. The van der Waals surface area contributed by atoms with Crippen molar-refractivity contribution in [2.75, 3.05) is 13.6 Å². The Bertz CT molecular complexity index is 1450. The van der Waals surface area contributed by atoms with E-state index in [-0.39, 0.29) is 23.8 Å². The fourth-order valence-electron chi connectivity index (χ4n) is 6.44. The number of aromatic nitrogens is 2. The van der Waals surface area contributed by atoms with Crippen molar-refractivity contribution >= 4 is 28.8 Å². The van der Waals surface area contributed by atoms with Gasteiger partial charge in [0.2, 0.25) is 11.8 Å². The third-order valence-electron chi connectivity index (χ3n) is 8.91. The number of pyridine rings is 1. The first-order valence-electron chi connectivity index (χ1n) is 15.6. The molecular formula is C34H45N5O4. The first-order valence-corrected chi connectivity index (χ1v) is 15.6. The summed E-state index contributed by atoms with van der Waals surface area (Å²) < 4.78 is 5.47. The van der Waals surface area contributed by atoms with Gasteiger partial charge in [0, 0.05) is 54.2 Å². The third-order valence-corrected chi connectivity index (χ3v) is 8.91. The SMILES string of the molecule is CC(C(=O)NC(C(=O)N1CCCC1c1cncc(-c2c[nH]c3ccccc23)c1)C1CCCCC1)N(C)C(=O)OC(C)(C)C. The van der Waals surface area contributed by atoms with Gasteiger partial charge in [-0.05, 0) is 77.0 Å². The van der Waals surface area contributed by atoms with Crippen LogP contribution in [0.2, 0.25) is 0 Å². The third kappa shape index (κ3) is 6.86. The summed E-state index contributed by atoms with van der Waals surface area (Å²) in [7, 11) is 1.56. The Morgan fingerprint density at radius 3 is 2.56 bits per heavy atom. The lowest BCUT2D eigenvalue weighted by molar-refractivity contribution is -0.140. The van der Waals surface area contributed by atoms with E-state index in [1.807, 2.05) is 35.6 Å². The molecule has 1 saturated carbocycles. The maximum Gasteiger partial charge on any atom is 0.410 e. The largest absolute Gasteiger partial charge is 0.444 e. The van der Waals surface area contributed by atoms with Crippen molar-refractivity contribution in [3.63, 3.8) is 0 Å². The van der Waals surface area contributed by atoms with Gasteiger partial charge in [-0.3, -0.25) is 19.5 Å². The molecule has 9 heteroatoms. The minimum atomic E-state index is -0.792. The van der Waals surface area contributed by atoms with Crippen molar-refractivity contribution in [2.24, 2.45) is 5.92 Å². The van der Waals surface area contributed by atoms with Gasteiger partial charge in [0.15, 0.2) is 0 Å². The normalized spacial score (nSPS) is 19.2. The number of ether oxygens (including phenoxy) is 1. The Hall–Kier alpha value is -3.88. The van der Waals surface area contributed by atoms with Crippen molar-refractivity contribution in [3.8, 4) is 11.1 Å². The van der Waals surface area contributed by atoms with E-state index in [4.69, 9.17) is 4.74 Å². The summed E-state index contributed by atoms with van der Waals surface area (Å²) >= 11 is 0. The molecule has 1 aromatic carbocycles. The Morgan fingerprint density at radius 2 is 1.81 bits per heavy atom. The van der Waals surface area contributed by atoms with Gasteiger partial charge in [0.05, 0.1) is 6.04 Å². The second-order valence-electron chi connectivity index (χ2n) is 13.1. The molecule has 1 aliphatic carbocycles. The predicted molar refractivity (Wildman–Crippen MR) is 167 cm³/mol. The van der Waals surface area contributed by atoms with Crippen molar-refractivity contribution in [1.82, 2.24) is 25.1 Å². The summed E-state index contributed by atoms with van der Waals surface area (Å²) in [5, 5.41) is 4.22. The van der Waals surface area contributed by atoms with Crippen LogP contribution in [-0.2, 0) is 14.3 Å². The number of amides is 3. The van der Waals surface area contributed by atoms with E-state index >= 15 is 0 Å². The zero-order valence-corrected chi connectivity index (χ0v) is 26.1. The van der Waals surface area contributed by atoms with E-state index in [1.165, 1.54) is 4.90 Å². The summed E-state index contributed by atoms with van der Waals surface area (Å²) in [4.78, 5) is 51.7. The number of likely N-dealkylation sites (tertiary alicyclic amines) is 1. The van der Waals surface area contributed by atoms with Crippen LogP contribution < -0.4 is 5.32 Å². The Balaban J connectivity index is 1.36. The fraction of sp³-hybridized carbons (Fsp3) is 0.529. The molecular weight excluding hydrogens is 542 g/mol. The first kappa shape index (κ1) is 30.6. The number of aromatic amines is 1. The molecule has 3 unspecified atom stereocenters. The highest BCUT2D eigenvalue weighted by molar-refractivity contribution is 5.95. The molecule has 2 aliphatic rings. The second-order valence-corrected chi connectivity index (χ2v) is 13.1. The molecule has 2 fully saturated rings. The van der Waals surface area contributed by atoms with Crippen LogP contribution in [0.15, 0.2) is 48.9 Å². The number of hydrogen-bond acceptors (Lipinski definition) is 5. The molecule has 2 aromatic heterocycles. The first-order chi connectivity index (χ1) is 20.5. The van der Waals surface area contributed by atoms with Crippen LogP contribution in [0.5, 0.6) is 0 Å². The van der Waals surface area contributed by atoms with E-state index in [2.05, 4.69) is 33.5 Å². The van der Waals surface area contributed by atoms with E-state index in [0.717, 1.165) is 72.5 Å². The molecule has 2 N–H and O–H groups in total. The number of fused-ring (bicyclic) bond motifs is 1. The molecule has 230 valence electrons. The van der Waals surface area contributed by atoms with Crippen LogP contribution in [0.3, 0.4) is 0 Å². The maximum absolute atomic E-state index is 14.3. The van der Waals surface area contributed by atoms with Gasteiger partial charge in [-0.15, -0.1) is 0 Å². The van der Waals surface area contributed by atoms with Crippen LogP contribution in [0, 0.1) is 5.92 Å². The van der Waals surface area contributed by atoms with E-state index in [0.29, 0.717) is 6.54 Å². The molecule has 5 rings (SSSR count). The molecule has 0 spiro atoms. The lowest BCUT2D eigenvalue weighted by Crippen LogP contribution is -2.56. The van der Waals surface area contributed by atoms with Gasteiger partial charge in [-0.1, -0.05) is 37.5 Å². The number of H-pyrrole nitrogens is 1. The van der Waals surface area contributed by atoms with Crippen molar-refractivity contribution in [3.05, 3.63) is 54.5 Å². The average Bonchev–Trinajstić information content (AvgIpc) is 3.66. The molecule has 0 bridgehead atoms. The van der Waals surface area contributed by atoms with Crippen LogP contribution in [0.25, 0.3) is 22.0 Å². The average molecular weight is 588 g/mol. The number of carbonyl (C=O) groups excluding carboxylic acids is 3. The van der Waals surface area contributed by atoms with Crippen LogP contribution in [-0.4, -0.2) is 69.0 Å². The van der Waals surface area contributed by atoms with E-state index in [1.54, 1.807) is 34.7 Å². The minimum Gasteiger partial charge on any atom is -0.444 e. The standard InChI is InChI=1S/C34H45N5O4/c1-22(38(5)33(42)43-34(2,3)4)31(40)37-30(23-12-7-6-8-13-23)32(41)39-17-11-16-29(39)25-18-24(19-35-20-25)27-21-36-28-15-10-9-14-26(27)28/h9-10,14-15,18-23,29-30,36H,6-8,11-13,16-17H2,1-5H3,(H,37,40). The summed E-state index contributed by atoms with van der Waals surface area (Å²) in [6, 6.07) is 8.78.